The van der Waals surface area contributed by atoms with E-state index in [1.54, 1.807) is 43.5 Å². The lowest BCUT2D eigenvalue weighted by atomic mass is 9.95. The Morgan fingerprint density at radius 1 is 1.12 bits per heavy atom. The van der Waals surface area contributed by atoms with E-state index < -0.39 is 5.41 Å². The Labute approximate surface area is 141 Å². The van der Waals surface area contributed by atoms with Crippen LogP contribution in [0.1, 0.15) is 42.6 Å². The summed E-state index contributed by atoms with van der Waals surface area (Å²) in [5.74, 6) is 0.241. The second kappa shape index (κ2) is 7.21. The number of amides is 2. The first-order valence-corrected chi connectivity index (χ1v) is 7.74. The van der Waals surface area contributed by atoms with Crippen molar-refractivity contribution in [2.45, 2.75) is 34.2 Å². The van der Waals surface area contributed by atoms with Gasteiger partial charge in [0.1, 0.15) is 5.82 Å². The van der Waals surface area contributed by atoms with Crippen LogP contribution in [0.2, 0.25) is 0 Å². The first-order chi connectivity index (χ1) is 11.3. The van der Waals surface area contributed by atoms with Crippen LogP contribution in [0, 0.1) is 12.3 Å². The molecule has 0 radical (unpaired) electrons. The van der Waals surface area contributed by atoms with Crippen molar-refractivity contribution < 1.29 is 9.59 Å². The molecule has 2 aromatic rings. The molecule has 2 rings (SSSR count). The van der Waals surface area contributed by atoms with Crippen molar-refractivity contribution in [2.75, 3.05) is 5.32 Å². The fraction of sp³-hybridized carbons (Fsp3) is 0.333. The fourth-order valence-electron chi connectivity index (χ4n) is 1.97. The number of carbonyl (C=O) groups excluding carboxylic acids is 2. The maximum Gasteiger partial charge on any atom is 0.253 e. The van der Waals surface area contributed by atoms with Gasteiger partial charge in [-0.2, -0.15) is 0 Å². The van der Waals surface area contributed by atoms with Gasteiger partial charge in [0, 0.05) is 11.6 Å². The number of hydrogen-bond donors (Lipinski definition) is 2. The summed E-state index contributed by atoms with van der Waals surface area (Å²) in [6.07, 6.45) is 1.65. The lowest BCUT2D eigenvalue weighted by Crippen LogP contribution is -2.30. The number of aromatic nitrogens is 2. The highest BCUT2D eigenvalue weighted by molar-refractivity contribution is 6.04. The summed E-state index contributed by atoms with van der Waals surface area (Å²) in [4.78, 5) is 32.9. The van der Waals surface area contributed by atoms with E-state index in [4.69, 9.17) is 0 Å². The van der Waals surface area contributed by atoms with Crippen molar-refractivity contribution in [1.82, 2.24) is 15.3 Å². The van der Waals surface area contributed by atoms with Crippen LogP contribution in [0.3, 0.4) is 0 Å². The van der Waals surface area contributed by atoms with Crippen molar-refractivity contribution in [2.24, 2.45) is 5.41 Å². The van der Waals surface area contributed by atoms with Crippen LogP contribution < -0.4 is 10.6 Å². The van der Waals surface area contributed by atoms with Gasteiger partial charge in [0.15, 0.2) is 0 Å². The predicted octanol–water partition coefficient (Wildman–Crippen LogP) is 2.70. The summed E-state index contributed by atoms with van der Waals surface area (Å²) in [7, 11) is 0. The molecule has 2 amide bonds. The molecule has 6 nitrogen and oxygen atoms in total. The van der Waals surface area contributed by atoms with Crippen LogP contribution >= 0.6 is 0 Å². The quantitative estimate of drug-likeness (QED) is 0.905. The van der Waals surface area contributed by atoms with Gasteiger partial charge in [0.25, 0.3) is 5.91 Å². The molecule has 0 aliphatic carbocycles. The Hall–Kier alpha value is -2.76. The molecule has 1 aromatic carbocycles. The molecule has 0 aliphatic heterocycles. The molecule has 0 aliphatic rings. The van der Waals surface area contributed by atoms with Crippen LogP contribution in [0.25, 0.3) is 0 Å². The zero-order chi connectivity index (χ0) is 17.7. The zero-order valence-corrected chi connectivity index (χ0v) is 14.4. The van der Waals surface area contributed by atoms with Crippen LogP contribution in [-0.4, -0.2) is 21.8 Å². The number of para-hydroxylation sites is 1. The van der Waals surface area contributed by atoms with E-state index in [-0.39, 0.29) is 11.8 Å². The molecule has 0 bridgehead atoms. The minimum absolute atomic E-state index is 0.144. The number of anilines is 1. The lowest BCUT2D eigenvalue weighted by molar-refractivity contribution is -0.123. The zero-order valence-electron chi connectivity index (χ0n) is 14.4. The van der Waals surface area contributed by atoms with E-state index in [1.807, 2.05) is 20.8 Å². The number of carbonyl (C=O) groups is 2. The minimum atomic E-state index is -0.540. The van der Waals surface area contributed by atoms with Crippen LogP contribution in [0.15, 0.2) is 36.5 Å². The van der Waals surface area contributed by atoms with E-state index in [1.165, 1.54) is 0 Å². The van der Waals surface area contributed by atoms with Gasteiger partial charge in [-0.15, -0.1) is 0 Å². The van der Waals surface area contributed by atoms with Crippen molar-refractivity contribution in [1.29, 1.82) is 0 Å². The van der Waals surface area contributed by atoms with E-state index >= 15 is 0 Å². The molecule has 6 heteroatoms. The normalized spacial score (nSPS) is 11.0. The van der Waals surface area contributed by atoms with Gasteiger partial charge in [0.2, 0.25) is 5.91 Å². The molecule has 2 N–H and O–H groups in total. The Morgan fingerprint density at radius 2 is 1.83 bits per heavy atom. The summed E-state index contributed by atoms with van der Waals surface area (Å²) in [6, 6.07) is 8.69. The van der Waals surface area contributed by atoms with Crippen molar-refractivity contribution >= 4 is 17.5 Å². The van der Waals surface area contributed by atoms with Gasteiger partial charge in [0.05, 0.1) is 23.5 Å². The molecule has 0 saturated heterocycles. The lowest BCUT2D eigenvalue weighted by Gasteiger charge is -2.19. The molecule has 0 spiro atoms. The third-order valence-corrected chi connectivity index (χ3v) is 3.36. The summed E-state index contributed by atoms with van der Waals surface area (Å²) < 4.78 is 0. The minimum Gasteiger partial charge on any atom is -0.346 e. The summed E-state index contributed by atoms with van der Waals surface area (Å²) in [5.41, 5.74) is 1.10. The van der Waals surface area contributed by atoms with E-state index in [2.05, 4.69) is 20.6 Å². The van der Waals surface area contributed by atoms with Gasteiger partial charge in [-0.05, 0) is 25.1 Å². The number of benzene rings is 1. The average Bonchev–Trinajstić information content (AvgIpc) is 2.52. The summed E-state index contributed by atoms with van der Waals surface area (Å²) in [6.45, 7) is 7.56. The van der Waals surface area contributed by atoms with Crippen molar-refractivity contribution in [3.05, 3.63) is 53.6 Å². The number of nitrogens with one attached hydrogen (secondary N) is 2. The Balaban J connectivity index is 2.11. The number of nitrogens with zero attached hydrogens (tertiary/aromatic N) is 2. The SMILES string of the molecule is Cc1nccc(CNC(=O)c2ccccc2NC(=O)C(C)(C)C)n1. The predicted molar refractivity (Wildman–Crippen MR) is 92.5 cm³/mol. The van der Waals surface area contributed by atoms with Gasteiger partial charge < -0.3 is 10.6 Å². The fourth-order valence-corrected chi connectivity index (χ4v) is 1.97. The molecule has 1 aromatic heterocycles. The maximum atomic E-state index is 12.4. The molecule has 24 heavy (non-hydrogen) atoms. The second-order valence-corrected chi connectivity index (χ2v) is 6.53. The van der Waals surface area contributed by atoms with Crippen LogP contribution in [0.4, 0.5) is 5.69 Å². The Morgan fingerprint density at radius 3 is 2.50 bits per heavy atom. The molecule has 0 atom stereocenters. The van der Waals surface area contributed by atoms with Crippen LogP contribution in [-0.2, 0) is 11.3 Å². The Kier molecular flexibility index (Phi) is 5.28. The Bertz CT molecular complexity index is 751. The molecule has 126 valence electrons. The number of rotatable bonds is 4. The highest BCUT2D eigenvalue weighted by Gasteiger charge is 2.23. The molecule has 0 unspecified atom stereocenters. The number of aryl methyl sites for hydroxylation is 1. The molecule has 0 fully saturated rings. The van der Waals surface area contributed by atoms with Crippen molar-refractivity contribution in [3.8, 4) is 0 Å². The third-order valence-electron chi connectivity index (χ3n) is 3.36. The molecular weight excluding hydrogens is 304 g/mol. The standard InChI is InChI=1S/C18H22N4O2/c1-12-19-10-9-13(21-12)11-20-16(23)14-7-5-6-8-15(14)22-17(24)18(2,3)4/h5-10H,11H2,1-4H3,(H,20,23)(H,22,24). The first kappa shape index (κ1) is 17.6. The van der Waals surface area contributed by atoms with Crippen LogP contribution in [0.5, 0.6) is 0 Å². The summed E-state index contributed by atoms with van der Waals surface area (Å²) >= 11 is 0. The maximum absolute atomic E-state index is 12.4. The van der Waals surface area contributed by atoms with E-state index in [9.17, 15) is 9.59 Å². The summed E-state index contributed by atoms with van der Waals surface area (Å²) in [5, 5.41) is 5.63. The first-order valence-electron chi connectivity index (χ1n) is 7.74. The highest BCUT2D eigenvalue weighted by Crippen LogP contribution is 2.20. The average molecular weight is 326 g/mol. The van der Waals surface area contributed by atoms with Gasteiger partial charge in [-0.25, -0.2) is 9.97 Å². The number of hydrogen-bond acceptors (Lipinski definition) is 4. The topological polar surface area (TPSA) is 84.0 Å². The molecular formula is C18H22N4O2. The molecule has 0 saturated carbocycles. The van der Waals surface area contributed by atoms with Gasteiger partial charge in [-0.3, -0.25) is 9.59 Å². The third kappa shape index (κ3) is 4.62. The van der Waals surface area contributed by atoms with Gasteiger partial charge >= 0.3 is 0 Å². The smallest absolute Gasteiger partial charge is 0.253 e. The van der Waals surface area contributed by atoms with E-state index in [0.717, 1.165) is 5.69 Å². The highest BCUT2D eigenvalue weighted by atomic mass is 16.2. The largest absolute Gasteiger partial charge is 0.346 e. The monoisotopic (exact) mass is 326 g/mol. The molecule has 1 heterocycles. The van der Waals surface area contributed by atoms with Gasteiger partial charge in [-0.1, -0.05) is 32.9 Å². The van der Waals surface area contributed by atoms with Crippen molar-refractivity contribution in [3.63, 3.8) is 0 Å². The van der Waals surface area contributed by atoms with E-state index in [0.29, 0.717) is 23.6 Å². The second-order valence-electron chi connectivity index (χ2n) is 6.53.